The van der Waals surface area contributed by atoms with E-state index >= 15 is 0 Å². The van der Waals surface area contributed by atoms with Gasteiger partial charge in [0, 0.05) is 28.7 Å². The van der Waals surface area contributed by atoms with Crippen molar-refractivity contribution in [2.24, 2.45) is 5.92 Å². The van der Waals surface area contributed by atoms with Crippen LogP contribution >= 0.6 is 11.6 Å². The van der Waals surface area contributed by atoms with Crippen LogP contribution in [-0.4, -0.2) is 11.8 Å². The monoisotopic (exact) mass is 370 g/mol. The van der Waals surface area contributed by atoms with E-state index < -0.39 is 0 Å². The quantitative estimate of drug-likeness (QED) is 0.795. The minimum atomic E-state index is -0.182. The lowest BCUT2D eigenvalue weighted by molar-refractivity contribution is -0.120. The topological polar surface area (TPSA) is 58.2 Å². The predicted octanol–water partition coefficient (Wildman–Crippen LogP) is 4.79. The van der Waals surface area contributed by atoms with Crippen molar-refractivity contribution in [3.63, 3.8) is 0 Å². The molecule has 0 unspecified atom stereocenters. The van der Waals surface area contributed by atoms with Crippen molar-refractivity contribution in [1.82, 2.24) is 5.32 Å². The Balaban J connectivity index is 1.59. The highest BCUT2D eigenvalue weighted by molar-refractivity contribution is 6.30. The number of rotatable bonds is 5. The maximum absolute atomic E-state index is 12.4. The number of amides is 2. The highest BCUT2D eigenvalue weighted by Crippen LogP contribution is 2.25. The third-order valence-electron chi connectivity index (χ3n) is 4.71. The summed E-state index contributed by atoms with van der Waals surface area (Å²) < 4.78 is 0. The number of nitrogens with one attached hydrogen (secondary N) is 2. The van der Waals surface area contributed by atoms with Gasteiger partial charge < -0.3 is 10.6 Å². The van der Waals surface area contributed by atoms with Gasteiger partial charge in [0.1, 0.15) is 0 Å². The van der Waals surface area contributed by atoms with Crippen LogP contribution in [0.1, 0.15) is 48.0 Å². The van der Waals surface area contributed by atoms with Gasteiger partial charge in [-0.25, -0.2) is 0 Å². The van der Waals surface area contributed by atoms with E-state index in [1.807, 2.05) is 24.3 Å². The Morgan fingerprint density at radius 1 is 1.00 bits per heavy atom. The molecule has 2 N–H and O–H groups in total. The van der Waals surface area contributed by atoms with E-state index in [1.165, 1.54) is 6.42 Å². The molecule has 3 rings (SSSR count). The van der Waals surface area contributed by atoms with Crippen LogP contribution < -0.4 is 10.6 Å². The molecule has 1 saturated carbocycles. The Kier molecular flexibility index (Phi) is 6.29. The van der Waals surface area contributed by atoms with Crippen molar-refractivity contribution in [2.75, 3.05) is 5.32 Å². The molecule has 0 aliphatic heterocycles. The SMILES string of the molecule is O=C(NCc1cccc(Cl)c1)c1cccc(NC(=O)C2CCCCC2)c1. The Morgan fingerprint density at radius 2 is 1.77 bits per heavy atom. The van der Waals surface area contributed by atoms with Gasteiger partial charge in [0.15, 0.2) is 0 Å². The molecule has 1 fully saturated rings. The lowest BCUT2D eigenvalue weighted by Gasteiger charge is -2.20. The predicted molar refractivity (Wildman–Crippen MR) is 104 cm³/mol. The second-order valence-corrected chi connectivity index (χ2v) is 7.15. The summed E-state index contributed by atoms with van der Waals surface area (Å²) in [7, 11) is 0. The Morgan fingerprint density at radius 3 is 2.54 bits per heavy atom. The van der Waals surface area contributed by atoms with E-state index in [1.54, 1.807) is 24.3 Å². The third-order valence-corrected chi connectivity index (χ3v) is 4.95. The first kappa shape index (κ1) is 18.5. The standard InChI is InChI=1S/C21H23ClN2O2/c22-18-10-4-6-15(12-18)14-23-20(25)17-9-5-11-19(13-17)24-21(26)16-7-2-1-3-8-16/h4-6,9-13,16H,1-3,7-8,14H2,(H,23,25)(H,24,26). The molecule has 0 aromatic heterocycles. The Labute approximate surface area is 158 Å². The maximum atomic E-state index is 12.4. The van der Waals surface area contributed by atoms with Gasteiger partial charge in [0.05, 0.1) is 0 Å². The number of hydrogen-bond donors (Lipinski definition) is 2. The number of carbonyl (C=O) groups is 2. The number of carbonyl (C=O) groups excluding carboxylic acids is 2. The van der Waals surface area contributed by atoms with Crippen LogP contribution in [0.5, 0.6) is 0 Å². The summed E-state index contributed by atoms with van der Waals surface area (Å²) in [5, 5.41) is 6.47. The average molecular weight is 371 g/mol. The van der Waals surface area contributed by atoms with Gasteiger partial charge in [-0.05, 0) is 48.7 Å². The summed E-state index contributed by atoms with van der Waals surface area (Å²) in [6.07, 6.45) is 5.34. The van der Waals surface area contributed by atoms with E-state index in [9.17, 15) is 9.59 Å². The van der Waals surface area contributed by atoms with Gasteiger partial charge in [0.25, 0.3) is 5.91 Å². The van der Waals surface area contributed by atoms with Gasteiger partial charge >= 0.3 is 0 Å². The molecule has 2 amide bonds. The van der Waals surface area contributed by atoms with E-state index in [4.69, 9.17) is 11.6 Å². The van der Waals surface area contributed by atoms with Gasteiger partial charge in [-0.2, -0.15) is 0 Å². The lowest BCUT2D eigenvalue weighted by atomic mass is 9.88. The van der Waals surface area contributed by atoms with Crippen LogP contribution in [0.4, 0.5) is 5.69 Å². The number of hydrogen-bond acceptors (Lipinski definition) is 2. The Bertz CT molecular complexity index is 785. The second-order valence-electron chi connectivity index (χ2n) is 6.72. The third kappa shape index (κ3) is 5.09. The molecule has 2 aromatic rings. The molecule has 0 saturated heterocycles. The Hall–Kier alpha value is -2.33. The van der Waals surface area contributed by atoms with Crippen LogP contribution in [0.2, 0.25) is 5.02 Å². The first-order valence-electron chi connectivity index (χ1n) is 9.05. The number of benzene rings is 2. The molecular formula is C21H23ClN2O2. The second kappa shape index (κ2) is 8.86. The van der Waals surface area contributed by atoms with Crippen molar-refractivity contribution in [3.05, 3.63) is 64.7 Å². The summed E-state index contributed by atoms with van der Waals surface area (Å²) in [5.41, 5.74) is 2.12. The highest BCUT2D eigenvalue weighted by Gasteiger charge is 2.21. The summed E-state index contributed by atoms with van der Waals surface area (Å²) in [5.74, 6) is -0.0380. The molecule has 0 heterocycles. The molecule has 5 heteroatoms. The van der Waals surface area contributed by atoms with Crippen LogP contribution in [0, 0.1) is 5.92 Å². The van der Waals surface area contributed by atoms with Crippen LogP contribution in [0.25, 0.3) is 0 Å². The van der Waals surface area contributed by atoms with Crippen molar-refractivity contribution in [2.45, 2.75) is 38.6 Å². The number of halogens is 1. The van der Waals surface area contributed by atoms with Crippen LogP contribution in [-0.2, 0) is 11.3 Å². The fourth-order valence-corrected chi connectivity index (χ4v) is 3.49. The summed E-state index contributed by atoms with van der Waals surface area (Å²) >= 11 is 5.96. The van der Waals surface area contributed by atoms with Gasteiger partial charge in [-0.15, -0.1) is 0 Å². The van der Waals surface area contributed by atoms with Crippen molar-refractivity contribution in [1.29, 1.82) is 0 Å². The minimum Gasteiger partial charge on any atom is -0.348 e. The van der Waals surface area contributed by atoms with Gasteiger partial charge in [-0.1, -0.05) is 49.1 Å². The van der Waals surface area contributed by atoms with Crippen molar-refractivity contribution >= 4 is 29.1 Å². The summed E-state index contributed by atoms with van der Waals surface area (Å²) in [6.45, 7) is 0.401. The summed E-state index contributed by atoms with van der Waals surface area (Å²) in [6, 6.07) is 14.4. The molecule has 4 nitrogen and oxygen atoms in total. The average Bonchev–Trinajstić information content (AvgIpc) is 2.67. The first-order chi connectivity index (χ1) is 12.6. The molecule has 0 bridgehead atoms. The highest BCUT2D eigenvalue weighted by atomic mass is 35.5. The molecule has 0 radical (unpaired) electrons. The summed E-state index contributed by atoms with van der Waals surface area (Å²) in [4.78, 5) is 24.8. The zero-order chi connectivity index (χ0) is 18.4. The smallest absolute Gasteiger partial charge is 0.251 e. The minimum absolute atomic E-state index is 0.0567. The van der Waals surface area contributed by atoms with E-state index in [2.05, 4.69) is 10.6 Å². The maximum Gasteiger partial charge on any atom is 0.251 e. The normalized spacial score (nSPS) is 14.7. The van der Waals surface area contributed by atoms with E-state index in [0.717, 1.165) is 31.2 Å². The van der Waals surface area contributed by atoms with Gasteiger partial charge in [0.2, 0.25) is 5.91 Å². The van der Waals surface area contributed by atoms with Gasteiger partial charge in [-0.3, -0.25) is 9.59 Å². The molecule has 1 aliphatic rings. The fourth-order valence-electron chi connectivity index (χ4n) is 3.28. The van der Waals surface area contributed by atoms with Crippen LogP contribution in [0.3, 0.4) is 0 Å². The molecule has 2 aromatic carbocycles. The zero-order valence-electron chi connectivity index (χ0n) is 14.6. The van der Waals surface area contributed by atoms with E-state index in [-0.39, 0.29) is 17.7 Å². The van der Waals surface area contributed by atoms with Crippen molar-refractivity contribution in [3.8, 4) is 0 Å². The molecule has 1 aliphatic carbocycles. The number of anilines is 1. The van der Waals surface area contributed by atoms with E-state index in [0.29, 0.717) is 22.8 Å². The molecule has 0 spiro atoms. The largest absolute Gasteiger partial charge is 0.348 e. The first-order valence-corrected chi connectivity index (χ1v) is 9.43. The lowest BCUT2D eigenvalue weighted by Crippen LogP contribution is -2.25. The van der Waals surface area contributed by atoms with Crippen LogP contribution in [0.15, 0.2) is 48.5 Å². The zero-order valence-corrected chi connectivity index (χ0v) is 15.4. The van der Waals surface area contributed by atoms with Crippen molar-refractivity contribution < 1.29 is 9.59 Å². The molecule has 136 valence electrons. The molecular weight excluding hydrogens is 348 g/mol. The molecule has 26 heavy (non-hydrogen) atoms. The fraction of sp³-hybridized carbons (Fsp3) is 0.333. The molecule has 0 atom stereocenters.